The average molecular weight is 644 g/mol. The van der Waals surface area contributed by atoms with Crippen molar-refractivity contribution < 1.29 is 9.84 Å². The highest BCUT2D eigenvalue weighted by molar-refractivity contribution is 7.80. The number of hydrogen-bond acceptors (Lipinski definition) is 4. The number of phenols is 1. The maximum Gasteiger partial charge on any atom is 0.166 e. The van der Waals surface area contributed by atoms with Crippen molar-refractivity contribution in [3.05, 3.63) is 83.9 Å². The Bertz CT molecular complexity index is 1400. The first-order valence-corrected chi connectivity index (χ1v) is 18.4. The standard InChI is InChI=1S/C38H50N3O2PS/c1-26(31-19-14-22-35(31)44(29-15-8-6-9-16-29)30-17-10-7-11-18-30)40-37(45)41-34-21-13-12-20-33(34)39-25-27-23-28(43-5)24-32(36(27)42)38(2,3)4/h6-11,15-18,23-26,31,33-35,42H,12-14,19-22H2,1-5H3,(H2,40,41,45)/t26-,31?,33+,34+,35?/m1/s1. The summed E-state index contributed by atoms with van der Waals surface area (Å²) in [5.41, 5.74) is 1.94. The summed E-state index contributed by atoms with van der Waals surface area (Å²) in [6, 6.07) is 26.5. The topological polar surface area (TPSA) is 65.9 Å². The van der Waals surface area contributed by atoms with E-state index in [1.165, 1.54) is 29.9 Å². The van der Waals surface area contributed by atoms with E-state index in [0.29, 0.717) is 17.1 Å². The molecule has 7 heteroatoms. The van der Waals surface area contributed by atoms with Gasteiger partial charge in [0.1, 0.15) is 11.5 Å². The number of nitrogens with zero attached hydrogens (tertiary/aromatic N) is 1. The zero-order valence-corrected chi connectivity index (χ0v) is 29.2. The number of benzene rings is 3. The van der Waals surface area contributed by atoms with Gasteiger partial charge in [-0.05, 0) is 92.5 Å². The minimum absolute atomic E-state index is 0.0840. The smallest absolute Gasteiger partial charge is 0.166 e. The first-order chi connectivity index (χ1) is 21.7. The third-order valence-corrected chi connectivity index (χ3v) is 12.8. The van der Waals surface area contributed by atoms with E-state index < -0.39 is 7.92 Å². The Hall–Kier alpha value is -2.95. The van der Waals surface area contributed by atoms with Crippen LogP contribution in [0.5, 0.6) is 11.5 Å². The first-order valence-electron chi connectivity index (χ1n) is 16.6. The Kier molecular flexibility index (Phi) is 11.2. The molecule has 45 heavy (non-hydrogen) atoms. The second-order valence-electron chi connectivity index (χ2n) is 13.7. The molecule has 2 fully saturated rings. The molecule has 0 radical (unpaired) electrons. The van der Waals surface area contributed by atoms with Crippen molar-refractivity contribution in [2.24, 2.45) is 10.9 Å². The summed E-state index contributed by atoms with van der Waals surface area (Å²) in [6.07, 6.45) is 9.87. The van der Waals surface area contributed by atoms with E-state index in [4.69, 9.17) is 21.9 Å². The summed E-state index contributed by atoms with van der Waals surface area (Å²) >= 11 is 5.95. The van der Waals surface area contributed by atoms with Gasteiger partial charge in [0.25, 0.3) is 0 Å². The van der Waals surface area contributed by atoms with Crippen molar-refractivity contribution in [3.8, 4) is 11.5 Å². The molecule has 3 aromatic carbocycles. The van der Waals surface area contributed by atoms with Crippen LogP contribution in [0.3, 0.4) is 0 Å². The van der Waals surface area contributed by atoms with Crippen LogP contribution in [0.15, 0.2) is 77.8 Å². The molecule has 0 saturated heterocycles. The minimum atomic E-state index is -0.468. The van der Waals surface area contributed by atoms with Gasteiger partial charge in [0, 0.05) is 23.4 Å². The predicted molar refractivity (Wildman–Crippen MR) is 196 cm³/mol. The number of ether oxygens (including phenoxy) is 1. The number of aliphatic imine (C=N–C) groups is 1. The molecule has 0 amide bonds. The van der Waals surface area contributed by atoms with Crippen molar-refractivity contribution in [1.82, 2.24) is 10.6 Å². The Labute approximate surface area is 277 Å². The quantitative estimate of drug-likeness (QED) is 0.128. The lowest BCUT2D eigenvalue weighted by atomic mass is 9.85. The van der Waals surface area contributed by atoms with Gasteiger partial charge in [-0.15, -0.1) is 0 Å². The molecule has 0 spiro atoms. The molecule has 5 nitrogen and oxygen atoms in total. The fourth-order valence-electron chi connectivity index (χ4n) is 7.16. The molecule has 0 heterocycles. The molecule has 240 valence electrons. The van der Waals surface area contributed by atoms with Gasteiger partial charge in [0.05, 0.1) is 19.2 Å². The molecule has 5 rings (SSSR count). The lowest BCUT2D eigenvalue weighted by molar-refractivity contribution is 0.357. The summed E-state index contributed by atoms with van der Waals surface area (Å²) in [4.78, 5) is 5.02. The number of phenolic OH excluding ortho intramolecular Hbond substituents is 1. The molecular weight excluding hydrogens is 593 g/mol. The van der Waals surface area contributed by atoms with Crippen molar-refractivity contribution in [2.75, 3.05) is 7.11 Å². The number of nitrogens with one attached hydrogen (secondary N) is 2. The molecule has 0 aliphatic heterocycles. The van der Waals surface area contributed by atoms with Crippen molar-refractivity contribution in [3.63, 3.8) is 0 Å². The number of hydrogen-bond donors (Lipinski definition) is 3. The lowest BCUT2D eigenvalue weighted by Gasteiger charge is -2.35. The summed E-state index contributed by atoms with van der Waals surface area (Å²) in [6.45, 7) is 8.60. The van der Waals surface area contributed by atoms with Gasteiger partial charge in [-0.2, -0.15) is 0 Å². The molecule has 0 aromatic heterocycles. The number of methoxy groups -OCH3 is 1. The molecule has 0 bridgehead atoms. The number of aromatic hydroxyl groups is 1. The van der Waals surface area contributed by atoms with E-state index in [0.717, 1.165) is 42.1 Å². The maximum absolute atomic E-state index is 11.1. The van der Waals surface area contributed by atoms with Crippen LogP contribution in [0.2, 0.25) is 0 Å². The van der Waals surface area contributed by atoms with E-state index in [2.05, 4.69) is 99.0 Å². The third kappa shape index (κ3) is 8.26. The Morgan fingerprint density at radius 2 is 1.60 bits per heavy atom. The highest BCUT2D eigenvalue weighted by atomic mass is 32.1. The van der Waals surface area contributed by atoms with Crippen molar-refractivity contribution >= 4 is 42.1 Å². The van der Waals surface area contributed by atoms with Crippen LogP contribution in [0, 0.1) is 5.92 Å². The van der Waals surface area contributed by atoms with Crippen molar-refractivity contribution in [1.29, 1.82) is 0 Å². The van der Waals surface area contributed by atoms with Crippen LogP contribution >= 0.6 is 20.1 Å². The Balaban J connectivity index is 1.27. The molecule has 2 unspecified atom stereocenters. The third-order valence-electron chi connectivity index (χ3n) is 9.54. The fraction of sp³-hybridized carbons (Fsp3) is 0.474. The molecule has 3 aromatic rings. The lowest BCUT2D eigenvalue weighted by Crippen LogP contribution is -2.52. The normalized spacial score (nSPS) is 22.8. The zero-order chi connectivity index (χ0) is 32.0. The van der Waals surface area contributed by atoms with Crippen LogP contribution in [0.1, 0.15) is 83.8 Å². The molecule has 2 aliphatic carbocycles. The van der Waals surface area contributed by atoms with Crippen LogP contribution in [0.4, 0.5) is 0 Å². The second-order valence-corrected chi connectivity index (χ2v) is 16.6. The van der Waals surface area contributed by atoms with Gasteiger partial charge < -0.3 is 20.5 Å². The highest BCUT2D eigenvalue weighted by Crippen LogP contribution is 2.51. The van der Waals surface area contributed by atoms with Crippen LogP contribution in [0.25, 0.3) is 0 Å². The van der Waals surface area contributed by atoms with Crippen LogP contribution in [-0.2, 0) is 5.41 Å². The van der Waals surface area contributed by atoms with E-state index in [9.17, 15) is 5.11 Å². The molecule has 2 saturated carbocycles. The van der Waals surface area contributed by atoms with Gasteiger partial charge in [-0.3, -0.25) is 4.99 Å². The largest absolute Gasteiger partial charge is 0.507 e. The van der Waals surface area contributed by atoms with Gasteiger partial charge in [-0.1, -0.05) is 101 Å². The van der Waals surface area contributed by atoms with E-state index in [-0.39, 0.29) is 29.3 Å². The monoisotopic (exact) mass is 643 g/mol. The SMILES string of the molecule is COc1cc(C=N[C@H]2CCCC[C@@H]2NC(=S)N[C@H](C)C2CCCC2P(c2ccccc2)c2ccccc2)c(O)c(C(C)(C)C)c1. The van der Waals surface area contributed by atoms with E-state index in [1.807, 2.05) is 18.3 Å². The molecule has 3 N–H and O–H groups in total. The molecular formula is C38H50N3O2PS. The fourth-order valence-corrected chi connectivity index (χ4v) is 10.8. The number of thiocarbonyl (C=S) groups is 1. The van der Waals surface area contributed by atoms with Gasteiger partial charge in [0.2, 0.25) is 0 Å². The Morgan fingerprint density at radius 3 is 2.22 bits per heavy atom. The summed E-state index contributed by atoms with van der Waals surface area (Å²) < 4.78 is 5.55. The second kappa shape index (κ2) is 15.1. The summed E-state index contributed by atoms with van der Waals surface area (Å²) in [7, 11) is 1.19. The summed E-state index contributed by atoms with van der Waals surface area (Å²) in [5.74, 6) is 1.55. The zero-order valence-electron chi connectivity index (χ0n) is 27.5. The van der Waals surface area contributed by atoms with Crippen LogP contribution in [-0.4, -0.2) is 47.3 Å². The van der Waals surface area contributed by atoms with E-state index in [1.54, 1.807) is 7.11 Å². The van der Waals surface area contributed by atoms with Crippen LogP contribution < -0.4 is 26.0 Å². The Morgan fingerprint density at radius 1 is 0.956 bits per heavy atom. The molecule has 2 aliphatic rings. The molecule has 5 atom stereocenters. The predicted octanol–water partition coefficient (Wildman–Crippen LogP) is 7.58. The van der Waals surface area contributed by atoms with Gasteiger partial charge in [-0.25, -0.2) is 0 Å². The van der Waals surface area contributed by atoms with E-state index >= 15 is 0 Å². The minimum Gasteiger partial charge on any atom is -0.507 e. The van der Waals surface area contributed by atoms with Gasteiger partial charge >= 0.3 is 0 Å². The highest BCUT2D eigenvalue weighted by Gasteiger charge is 2.38. The van der Waals surface area contributed by atoms with Crippen molar-refractivity contribution in [2.45, 2.75) is 102 Å². The average Bonchev–Trinajstić information content (AvgIpc) is 3.51. The maximum atomic E-state index is 11.1. The van der Waals surface area contributed by atoms with Gasteiger partial charge in [0.15, 0.2) is 5.11 Å². The number of rotatable bonds is 9. The first kappa shape index (κ1) is 33.4. The summed E-state index contributed by atoms with van der Waals surface area (Å²) in [5, 5.41) is 22.1.